The van der Waals surface area contributed by atoms with Crippen molar-refractivity contribution in [3.63, 3.8) is 0 Å². The van der Waals surface area contributed by atoms with Crippen LogP contribution in [0.15, 0.2) is 54.7 Å². The number of halogens is 1. The van der Waals surface area contributed by atoms with Crippen LogP contribution in [0, 0.1) is 0 Å². The summed E-state index contributed by atoms with van der Waals surface area (Å²) in [5, 5.41) is 0.623. The van der Waals surface area contributed by atoms with Crippen molar-refractivity contribution in [2.24, 2.45) is 0 Å². The van der Waals surface area contributed by atoms with E-state index < -0.39 is 0 Å². The molecule has 84 valence electrons. The van der Waals surface area contributed by atoms with Crippen LogP contribution < -0.4 is 0 Å². The molecular formula is C14H10ClNO. The monoisotopic (exact) mass is 243 g/mol. The van der Waals surface area contributed by atoms with Crippen LogP contribution in [0.2, 0.25) is 5.02 Å². The topological polar surface area (TPSA) is 30.0 Å². The number of hydrogen-bond acceptors (Lipinski definition) is 2. The Kier molecular flexibility index (Phi) is 3.68. The van der Waals surface area contributed by atoms with Gasteiger partial charge in [-0.2, -0.15) is 0 Å². The lowest BCUT2D eigenvalue weighted by Crippen LogP contribution is -1.96. The first-order chi connectivity index (χ1) is 8.27. The zero-order chi connectivity index (χ0) is 12.1. The fourth-order valence-electron chi connectivity index (χ4n) is 1.37. The first kappa shape index (κ1) is 11.6. The summed E-state index contributed by atoms with van der Waals surface area (Å²) in [5.41, 5.74) is 1.24. The molecule has 3 heteroatoms. The summed E-state index contributed by atoms with van der Waals surface area (Å²) in [7, 11) is 0. The lowest BCUT2D eigenvalue weighted by molar-refractivity contribution is 0.104. The van der Waals surface area contributed by atoms with Crippen molar-refractivity contribution in [1.82, 2.24) is 4.98 Å². The predicted molar refractivity (Wildman–Crippen MR) is 69.1 cm³/mol. The van der Waals surface area contributed by atoms with E-state index in [9.17, 15) is 4.79 Å². The van der Waals surface area contributed by atoms with Crippen LogP contribution >= 0.6 is 11.6 Å². The van der Waals surface area contributed by atoms with E-state index in [1.54, 1.807) is 36.5 Å². The van der Waals surface area contributed by atoms with Crippen LogP contribution in [0.5, 0.6) is 0 Å². The number of rotatable bonds is 3. The number of carbonyl (C=O) groups excluding carboxylic acids is 1. The van der Waals surface area contributed by atoms with Crippen LogP contribution in [0.4, 0.5) is 0 Å². The molecule has 2 aromatic rings. The SMILES string of the molecule is O=C(/C=C\c1ccccc1Cl)c1ccccn1. The van der Waals surface area contributed by atoms with Gasteiger partial charge in [-0.1, -0.05) is 35.9 Å². The van der Waals surface area contributed by atoms with Gasteiger partial charge >= 0.3 is 0 Å². The van der Waals surface area contributed by atoms with Crippen LogP contribution in [0.3, 0.4) is 0 Å². The van der Waals surface area contributed by atoms with Crippen LogP contribution in [0.25, 0.3) is 6.08 Å². The third kappa shape index (κ3) is 3.02. The molecule has 1 aromatic carbocycles. The van der Waals surface area contributed by atoms with Crippen molar-refractivity contribution in [3.05, 3.63) is 71.0 Å². The number of pyridine rings is 1. The zero-order valence-corrected chi connectivity index (χ0v) is 9.76. The second-order valence-corrected chi connectivity index (χ2v) is 3.84. The molecule has 1 aromatic heterocycles. The Morgan fingerprint density at radius 2 is 1.88 bits per heavy atom. The van der Waals surface area contributed by atoms with Gasteiger partial charge in [-0.3, -0.25) is 9.78 Å². The number of hydrogen-bond donors (Lipinski definition) is 0. The molecule has 0 fully saturated rings. The maximum atomic E-state index is 11.7. The molecule has 0 radical (unpaired) electrons. The molecule has 17 heavy (non-hydrogen) atoms. The quantitative estimate of drug-likeness (QED) is 0.609. The van der Waals surface area contributed by atoms with Gasteiger partial charge in [-0.15, -0.1) is 0 Å². The van der Waals surface area contributed by atoms with Gasteiger partial charge in [0.2, 0.25) is 5.78 Å². The van der Waals surface area contributed by atoms with E-state index in [-0.39, 0.29) is 5.78 Å². The van der Waals surface area contributed by atoms with Crippen LogP contribution in [0.1, 0.15) is 16.1 Å². The van der Waals surface area contributed by atoms with Crippen molar-refractivity contribution in [2.45, 2.75) is 0 Å². The first-order valence-electron chi connectivity index (χ1n) is 5.15. The Morgan fingerprint density at radius 1 is 1.12 bits per heavy atom. The van der Waals surface area contributed by atoms with Crippen molar-refractivity contribution in [2.75, 3.05) is 0 Å². The highest BCUT2D eigenvalue weighted by Crippen LogP contribution is 2.16. The third-order valence-corrected chi connectivity index (χ3v) is 2.58. The van der Waals surface area contributed by atoms with E-state index in [1.807, 2.05) is 18.2 Å². The molecule has 0 aliphatic heterocycles. The van der Waals surface area contributed by atoms with E-state index in [2.05, 4.69) is 4.98 Å². The Bertz CT molecular complexity index is 549. The second kappa shape index (κ2) is 5.41. The number of aromatic nitrogens is 1. The van der Waals surface area contributed by atoms with E-state index in [1.165, 1.54) is 6.08 Å². The molecule has 0 amide bonds. The van der Waals surface area contributed by atoms with E-state index >= 15 is 0 Å². The molecule has 0 spiro atoms. The highest BCUT2D eigenvalue weighted by Gasteiger charge is 2.01. The largest absolute Gasteiger partial charge is 0.288 e. The van der Waals surface area contributed by atoms with Gasteiger partial charge in [0.15, 0.2) is 0 Å². The fraction of sp³-hybridized carbons (Fsp3) is 0. The van der Waals surface area contributed by atoms with E-state index in [4.69, 9.17) is 11.6 Å². The van der Waals surface area contributed by atoms with Gasteiger partial charge in [-0.05, 0) is 35.9 Å². The zero-order valence-electron chi connectivity index (χ0n) is 9.01. The van der Waals surface area contributed by atoms with Gasteiger partial charge in [-0.25, -0.2) is 0 Å². The average molecular weight is 244 g/mol. The van der Waals surface area contributed by atoms with Crippen molar-refractivity contribution < 1.29 is 4.79 Å². The smallest absolute Gasteiger partial charge is 0.204 e. The summed E-state index contributed by atoms with van der Waals surface area (Å²) in [5.74, 6) is -0.134. The average Bonchev–Trinajstić information content (AvgIpc) is 2.38. The maximum absolute atomic E-state index is 11.7. The van der Waals surface area contributed by atoms with Gasteiger partial charge in [0.25, 0.3) is 0 Å². The highest BCUT2D eigenvalue weighted by atomic mass is 35.5. The molecule has 2 rings (SSSR count). The number of allylic oxidation sites excluding steroid dienone is 1. The molecule has 0 aliphatic carbocycles. The minimum absolute atomic E-state index is 0.134. The van der Waals surface area contributed by atoms with Crippen LogP contribution in [-0.4, -0.2) is 10.8 Å². The van der Waals surface area contributed by atoms with Crippen molar-refractivity contribution in [3.8, 4) is 0 Å². The number of benzene rings is 1. The van der Waals surface area contributed by atoms with E-state index in [0.29, 0.717) is 10.7 Å². The Balaban J connectivity index is 2.17. The Labute approximate surface area is 105 Å². The Hall–Kier alpha value is -1.93. The summed E-state index contributed by atoms with van der Waals surface area (Å²) < 4.78 is 0. The fourth-order valence-corrected chi connectivity index (χ4v) is 1.57. The maximum Gasteiger partial charge on any atom is 0.204 e. The predicted octanol–water partition coefficient (Wildman–Crippen LogP) is 3.63. The van der Waals surface area contributed by atoms with E-state index in [0.717, 1.165) is 5.56 Å². The summed E-state index contributed by atoms with van der Waals surface area (Å²) >= 11 is 5.98. The van der Waals surface area contributed by atoms with Gasteiger partial charge in [0.05, 0.1) is 0 Å². The molecule has 0 aliphatic rings. The number of ketones is 1. The summed E-state index contributed by atoms with van der Waals surface area (Å²) in [6.07, 6.45) is 4.76. The molecule has 1 heterocycles. The lowest BCUT2D eigenvalue weighted by Gasteiger charge is -1.96. The normalized spacial score (nSPS) is 10.6. The summed E-state index contributed by atoms with van der Waals surface area (Å²) in [4.78, 5) is 15.7. The highest BCUT2D eigenvalue weighted by molar-refractivity contribution is 6.32. The minimum atomic E-state index is -0.134. The molecule has 2 nitrogen and oxygen atoms in total. The molecule has 0 saturated carbocycles. The molecule has 0 N–H and O–H groups in total. The summed E-state index contributed by atoms with van der Waals surface area (Å²) in [6.45, 7) is 0. The molecule has 0 unspecified atom stereocenters. The number of nitrogens with zero attached hydrogens (tertiary/aromatic N) is 1. The van der Waals surface area contributed by atoms with Crippen molar-refractivity contribution >= 4 is 23.5 Å². The Morgan fingerprint density at radius 3 is 2.59 bits per heavy atom. The minimum Gasteiger partial charge on any atom is -0.288 e. The van der Waals surface area contributed by atoms with Gasteiger partial charge in [0.1, 0.15) is 5.69 Å². The standard InChI is InChI=1S/C14H10ClNO/c15-12-6-2-1-5-11(12)8-9-14(17)13-7-3-4-10-16-13/h1-10H/b9-8-. The first-order valence-corrected chi connectivity index (χ1v) is 5.53. The molecule has 0 saturated heterocycles. The van der Waals surface area contributed by atoms with Crippen molar-refractivity contribution in [1.29, 1.82) is 0 Å². The molecule has 0 bridgehead atoms. The van der Waals surface area contributed by atoms with Gasteiger partial charge in [0, 0.05) is 11.2 Å². The summed E-state index contributed by atoms with van der Waals surface area (Å²) in [6, 6.07) is 12.6. The molecular weight excluding hydrogens is 234 g/mol. The van der Waals surface area contributed by atoms with Gasteiger partial charge < -0.3 is 0 Å². The lowest BCUT2D eigenvalue weighted by atomic mass is 10.1. The second-order valence-electron chi connectivity index (χ2n) is 3.43. The van der Waals surface area contributed by atoms with Crippen LogP contribution in [-0.2, 0) is 0 Å². The third-order valence-electron chi connectivity index (χ3n) is 2.24. The molecule has 0 atom stereocenters. The number of carbonyl (C=O) groups is 1.